The number of hydrogen-bond donors (Lipinski definition) is 1. The van der Waals surface area contributed by atoms with Crippen molar-refractivity contribution in [1.82, 2.24) is 10.3 Å². The second-order valence-corrected chi connectivity index (χ2v) is 8.45. The van der Waals surface area contributed by atoms with Gasteiger partial charge in [0.15, 0.2) is 6.61 Å². The third-order valence-corrected chi connectivity index (χ3v) is 5.93. The predicted molar refractivity (Wildman–Crippen MR) is 127 cm³/mol. The van der Waals surface area contributed by atoms with Gasteiger partial charge in [-0.1, -0.05) is 71.7 Å². The normalized spacial score (nSPS) is 10.6. The number of carbonyl (C=O) groups excluding carboxylic acids is 1. The number of amides is 1. The predicted octanol–water partition coefficient (Wildman–Crippen LogP) is 6.48. The van der Waals surface area contributed by atoms with Crippen molar-refractivity contribution in [3.8, 4) is 27.6 Å². The minimum atomic E-state index is -0.248. The molecule has 0 aliphatic rings. The van der Waals surface area contributed by atoms with E-state index < -0.39 is 0 Å². The number of benzene rings is 3. The summed E-state index contributed by atoms with van der Waals surface area (Å²) < 4.78 is 5.47. The molecule has 0 saturated carbocycles. The van der Waals surface area contributed by atoms with Crippen molar-refractivity contribution >= 4 is 40.4 Å². The topological polar surface area (TPSA) is 51.2 Å². The standard InChI is InChI=1S/C24H18Cl2N2O2S/c25-19-9-10-20(26)22(12-19)30-14-23(29)27-13-16-5-4-8-18(11-16)24-28-21(15-31-24)17-6-2-1-3-7-17/h1-12,15H,13-14H2,(H,27,29). The Morgan fingerprint density at radius 3 is 2.61 bits per heavy atom. The van der Waals surface area contributed by atoms with Gasteiger partial charge in [0.2, 0.25) is 0 Å². The molecule has 4 rings (SSSR count). The number of aromatic nitrogens is 1. The zero-order valence-electron chi connectivity index (χ0n) is 16.3. The Kier molecular flexibility index (Phi) is 6.87. The molecular weight excluding hydrogens is 451 g/mol. The molecule has 0 saturated heterocycles. The number of rotatable bonds is 7. The largest absolute Gasteiger partial charge is 0.482 e. The highest BCUT2D eigenvalue weighted by molar-refractivity contribution is 7.13. The van der Waals surface area contributed by atoms with Crippen molar-refractivity contribution < 1.29 is 9.53 Å². The molecule has 0 atom stereocenters. The lowest BCUT2D eigenvalue weighted by atomic mass is 10.1. The average molecular weight is 469 g/mol. The van der Waals surface area contributed by atoms with E-state index >= 15 is 0 Å². The van der Waals surface area contributed by atoms with E-state index in [0.29, 0.717) is 22.3 Å². The van der Waals surface area contributed by atoms with Gasteiger partial charge in [-0.25, -0.2) is 4.98 Å². The Morgan fingerprint density at radius 1 is 0.968 bits per heavy atom. The zero-order valence-corrected chi connectivity index (χ0v) is 18.7. The summed E-state index contributed by atoms with van der Waals surface area (Å²) in [5.74, 6) is 0.131. The van der Waals surface area contributed by atoms with Gasteiger partial charge in [0, 0.05) is 34.1 Å². The Bertz CT molecular complexity index is 1200. The fourth-order valence-electron chi connectivity index (χ4n) is 2.94. The van der Waals surface area contributed by atoms with E-state index in [0.717, 1.165) is 27.4 Å². The molecule has 1 aromatic heterocycles. The molecule has 156 valence electrons. The molecule has 0 spiro atoms. The van der Waals surface area contributed by atoms with Crippen LogP contribution in [0, 0.1) is 0 Å². The molecule has 31 heavy (non-hydrogen) atoms. The maximum atomic E-state index is 12.2. The van der Waals surface area contributed by atoms with Crippen LogP contribution in [0.4, 0.5) is 0 Å². The fourth-order valence-corrected chi connectivity index (χ4v) is 4.11. The second kappa shape index (κ2) is 9.96. The van der Waals surface area contributed by atoms with E-state index in [2.05, 4.69) is 10.7 Å². The molecule has 1 N–H and O–H groups in total. The number of carbonyl (C=O) groups is 1. The summed E-state index contributed by atoms with van der Waals surface area (Å²) in [7, 11) is 0. The second-order valence-electron chi connectivity index (χ2n) is 6.74. The van der Waals surface area contributed by atoms with E-state index in [4.69, 9.17) is 32.9 Å². The van der Waals surface area contributed by atoms with Gasteiger partial charge >= 0.3 is 0 Å². The van der Waals surface area contributed by atoms with Gasteiger partial charge in [-0.15, -0.1) is 11.3 Å². The van der Waals surface area contributed by atoms with E-state index in [1.165, 1.54) is 0 Å². The van der Waals surface area contributed by atoms with Crippen LogP contribution < -0.4 is 10.1 Å². The van der Waals surface area contributed by atoms with Gasteiger partial charge in [-0.3, -0.25) is 4.79 Å². The number of nitrogens with zero attached hydrogens (tertiary/aromatic N) is 1. The Labute approximate surface area is 194 Å². The van der Waals surface area contributed by atoms with Crippen LogP contribution in [-0.4, -0.2) is 17.5 Å². The van der Waals surface area contributed by atoms with Crippen LogP contribution in [0.5, 0.6) is 5.75 Å². The van der Waals surface area contributed by atoms with E-state index in [-0.39, 0.29) is 12.5 Å². The highest BCUT2D eigenvalue weighted by Crippen LogP contribution is 2.29. The summed E-state index contributed by atoms with van der Waals surface area (Å²) in [6, 6.07) is 22.9. The molecule has 0 bridgehead atoms. The number of thiazole rings is 1. The highest BCUT2D eigenvalue weighted by atomic mass is 35.5. The Hall–Kier alpha value is -2.86. The van der Waals surface area contributed by atoms with Crippen molar-refractivity contribution in [2.75, 3.05) is 6.61 Å². The lowest BCUT2D eigenvalue weighted by Crippen LogP contribution is -2.28. The van der Waals surface area contributed by atoms with Crippen LogP contribution in [-0.2, 0) is 11.3 Å². The van der Waals surface area contributed by atoms with Crippen LogP contribution in [0.2, 0.25) is 10.0 Å². The molecule has 1 amide bonds. The van der Waals surface area contributed by atoms with Crippen molar-refractivity contribution in [3.05, 3.63) is 93.8 Å². The lowest BCUT2D eigenvalue weighted by Gasteiger charge is -2.09. The molecule has 1 heterocycles. The van der Waals surface area contributed by atoms with E-state index in [9.17, 15) is 4.79 Å². The van der Waals surface area contributed by atoms with Gasteiger partial charge in [-0.2, -0.15) is 0 Å². The number of ether oxygens (including phenoxy) is 1. The molecule has 0 radical (unpaired) electrons. The first kappa shape index (κ1) is 21.4. The number of halogens is 2. The summed E-state index contributed by atoms with van der Waals surface area (Å²) in [6.45, 7) is 0.239. The van der Waals surface area contributed by atoms with Gasteiger partial charge < -0.3 is 10.1 Å². The van der Waals surface area contributed by atoms with Crippen LogP contribution in [0.25, 0.3) is 21.8 Å². The third kappa shape index (κ3) is 5.64. The molecule has 0 fully saturated rings. The van der Waals surface area contributed by atoms with Gasteiger partial charge in [0.05, 0.1) is 10.7 Å². The molecule has 0 unspecified atom stereocenters. The summed E-state index contributed by atoms with van der Waals surface area (Å²) in [5.41, 5.74) is 4.04. The molecular formula is C24H18Cl2N2O2S. The third-order valence-electron chi connectivity index (χ3n) is 4.49. The van der Waals surface area contributed by atoms with Crippen molar-refractivity contribution in [3.63, 3.8) is 0 Å². The monoisotopic (exact) mass is 468 g/mol. The molecule has 3 aromatic carbocycles. The Balaban J connectivity index is 1.36. The summed E-state index contributed by atoms with van der Waals surface area (Å²) in [5, 5.41) is 6.75. The van der Waals surface area contributed by atoms with Gasteiger partial charge in [0.25, 0.3) is 5.91 Å². The first-order valence-electron chi connectivity index (χ1n) is 9.53. The highest BCUT2D eigenvalue weighted by Gasteiger charge is 2.09. The lowest BCUT2D eigenvalue weighted by molar-refractivity contribution is -0.123. The molecule has 0 aliphatic carbocycles. The molecule has 7 heteroatoms. The zero-order chi connectivity index (χ0) is 21.6. The van der Waals surface area contributed by atoms with Crippen LogP contribution in [0.15, 0.2) is 78.2 Å². The molecule has 4 nitrogen and oxygen atoms in total. The minimum Gasteiger partial charge on any atom is -0.482 e. The average Bonchev–Trinajstić information content (AvgIpc) is 3.29. The first-order valence-corrected chi connectivity index (χ1v) is 11.2. The number of hydrogen-bond acceptors (Lipinski definition) is 4. The fraction of sp³-hybridized carbons (Fsp3) is 0.0833. The van der Waals surface area contributed by atoms with E-state index in [1.807, 2.05) is 54.6 Å². The van der Waals surface area contributed by atoms with Crippen LogP contribution >= 0.6 is 34.5 Å². The smallest absolute Gasteiger partial charge is 0.258 e. The van der Waals surface area contributed by atoms with Gasteiger partial charge in [-0.05, 0) is 23.8 Å². The first-order chi connectivity index (χ1) is 15.1. The van der Waals surface area contributed by atoms with Crippen molar-refractivity contribution in [2.24, 2.45) is 0 Å². The molecule has 4 aromatic rings. The maximum absolute atomic E-state index is 12.2. The summed E-state index contributed by atoms with van der Waals surface area (Å²) in [4.78, 5) is 16.9. The maximum Gasteiger partial charge on any atom is 0.258 e. The molecule has 0 aliphatic heterocycles. The van der Waals surface area contributed by atoms with E-state index in [1.54, 1.807) is 29.5 Å². The Morgan fingerprint density at radius 2 is 1.77 bits per heavy atom. The summed E-state index contributed by atoms with van der Waals surface area (Å²) >= 11 is 13.6. The van der Waals surface area contributed by atoms with Crippen LogP contribution in [0.1, 0.15) is 5.56 Å². The SMILES string of the molecule is O=C(COc1cc(Cl)ccc1Cl)NCc1cccc(-c2nc(-c3ccccc3)cs2)c1. The summed E-state index contributed by atoms with van der Waals surface area (Å²) in [6.07, 6.45) is 0. The van der Waals surface area contributed by atoms with Crippen LogP contribution in [0.3, 0.4) is 0 Å². The van der Waals surface area contributed by atoms with Crippen molar-refractivity contribution in [2.45, 2.75) is 6.54 Å². The minimum absolute atomic E-state index is 0.146. The quantitative estimate of drug-likeness (QED) is 0.337. The van der Waals surface area contributed by atoms with Gasteiger partial charge in [0.1, 0.15) is 10.8 Å². The number of nitrogens with one attached hydrogen (secondary N) is 1. The van der Waals surface area contributed by atoms with Crippen molar-refractivity contribution in [1.29, 1.82) is 0 Å².